The number of ether oxygens (including phenoxy) is 3. The topological polar surface area (TPSA) is 85.9 Å². The summed E-state index contributed by atoms with van der Waals surface area (Å²) in [4.78, 5) is 27.1. The summed E-state index contributed by atoms with van der Waals surface area (Å²) < 4.78 is 16.2. The van der Waals surface area contributed by atoms with Crippen molar-refractivity contribution in [2.45, 2.75) is 52.6 Å². The number of esters is 1. The first-order chi connectivity index (χ1) is 17.8. The van der Waals surface area contributed by atoms with Crippen molar-refractivity contribution in [2.75, 3.05) is 12.1 Å². The van der Waals surface area contributed by atoms with Crippen LogP contribution in [0.25, 0.3) is 0 Å². The van der Waals surface area contributed by atoms with Gasteiger partial charge in [0.25, 0.3) is 5.91 Å². The molecule has 2 atom stereocenters. The zero-order valence-electron chi connectivity index (χ0n) is 21.2. The molecule has 3 heterocycles. The fourth-order valence-electron chi connectivity index (χ4n) is 5.34. The molecule has 2 aromatic carbocycles. The van der Waals surface area contributed by atoms with Gasteiger partial charge in [0, 0.05) is 4.88 Å². The predicted molar refractivity (Wildman–Crippen MR) is 142 cm³/mol. The first kappa shape index (κ1) is 23.9. The molecular weight excluding hydrogens is 488 g/mol. The number of hydrogen-bond acceptors (Lipinski definition) is 7. The third-order valence-corrected chi connectivity index (χ3v) is 9.28. The van der Waals surface area contributed by atoms with Gasteiger partial charge >= 0.3 is 5.97 Å². The molecule has 3 aliphatic rings. The number of rotatable bonds is 5. The van der Waals surface area contributed by atoms with E-state index < -0.39 is 5.97 Å². The zero-order chi connectivity index (χ0) is 25.7. The zero-order valence-corrected chi connectivity index (χ0v) is 22.0. The summed E-state index contributed by atoms with van der Waals surface area (Å²) in [7, 11) is 0. The number of anilines is 1. The first-order valence-corrected chi connectivity index (χ1v) is 13.6. The molecule has 0 bridgehead atoms. The fourth-order valence-corrected chi connectivity index (χ4v) is 6.69. The first-order valence-electron chi connectivity index (χ1n) is 12.8. The van der Waals surface area contributed by atoms with E-state index in [1.54, 1.807) is 41.7 Å². The molecule has 2 aliphatic heterocycles. The molecule has 1 amide bonds. The van der Waals surface area contributed by atoms with E-state index in [1.807, 2.05) is 12.1 Å². The highest BCUT2D eigenvalue weighted by molar-refractivity contribution is 7.16. The Labute approximate surface area is 220 Å². The molecule has 192 valence electrons. The fraction of sp³-hybridized carbons (Fsp3) is 0.379. The Hall–Kier alpha value is -3.52. The van der Waals surface area contributed by atoms with Crippen molar-refractivity contribution in [2.24, 2.45) is 11.3 Å². The van der Waals surface area contributed by atoms with Gasteiger partial charge in [0.1, 0.15) is 16.9 Å². The molecule has 2 N–H and O–H groups in total. The van der Waals surface area contributed by atoms with Crippen LogP contribution in [0, 0.1) is 11.3 Å². The van der Waals surface area contributed by atoms with Gasteiger partial charge in [0.05, 0.1) is 11.1 Å². The molecule has 7 nitrogen and oxygen atoms in total. The van der Waals surface area contributed by atoms with Crippen LogP contribution in [0.4, 0.5) is 5.00 Å². The molecule has 0 fully saturated rings. The summed E-state index contributed by atoms with van der Waals surface area (Å²) in [5.41, 5.74) is 3.61. The Morgan fingerprint density at radius 1 is 1.11 bits per heavy atom. The van der Waals surface area contributed by atoms with Crippen LogP contribution >= 0.6 is 11.3 Å². The highest BCUT2D eigenvalue weighted by Gasteiger charge is 2.37. The van der Waals surface area contributed by atoms with Gasteiger partial charge in [-0.3, -0.25) is 4.79 Å². The highest BCUT2D eigenvalue weighted by Crippen LogP contribution is 2.47. The lowest BCUT2D eigenvalue weighted by molar-refractivity contribution is 0.0734. The predicted octanol–water partition coefficient (Wildman–Crippen LogP) is 6.09. The largest absolute Gasteiger partial charge is 0.454 e. The molecule has 37 heavy (non-hydrogen) atoms. The van der Waals surface area contributed by atoms with E-state index in [0.717, 1.165) is 41.8 Å². The normalized spacial score (nSPS) is 19.9. The number of fused-ring (bicyclic) bond motifs is 4. The van der Waals surface area contributed by atoms with Gasteiger partial charge in [-0.25, -0.2) is 4.79 Å². The van der Waals surface area contributed by atoms with Gasteiger partial charge in [-0.2, -0.15) is 0 Å². The Bertz CT molecular complexity index is 1380. The quantitative estimate of drug-likeness (QED) is 0.314. The van der Waals surface area contributed by atoms with E-state index in [0.29, 0.717) is 34.1 Å². The monoisotopic (exact) mass is 518 g/mol. The molecule has 6 rings (SSSR count). The van der Waals surface area contributed by atoms with Crippen LogP contribution in [0.15, 0.2) is 42.5 Å². The minimum Gasteiger partial charge on any atom is -0.454 e. The molecule has 0 unspecified atom stereocenters. The molecular formula is C29H30N2O5S. The average Bonchev–Trinajstić information content (AvgIpc) is 3.52. The van der Waals surface area contributed by atoms with Crippen molar-refractivity contribution >= 4 is 28.2 Å². The van der Waals surface area contributed by atoms with E-state index in [2.05, 4.69) is 31.4 Å². The van der Waals surface area contributed by atoms with Gasteiger partial charge in [-0.1, -0.05) is 39.3 Å². The number of benzene rings is 2. The van der Waals surface area contributed by atoms with Crippen LogP contribution in [-0.4, -0.2) is 18.7 Å². The van der Waals surface area contributed by atoms with Crippen LogP contribution in [-0.2, 0) is 12.8 Å². The van der Waals surface area contributed by atoms with Crippen LogP contribution in [0.2, 0.25) is 0 Å². The third kappa shape index (κ3) is 4.33. The molecule has 3 aromatic rings. The SMILES string of the molecule is CCC(C)(C)[C@@H]1CCc2c(sc3c2C(=O)N[C@@H](c2ccc(OC(=O)c4ccc5c(c4)OCO5)cc2)N3)C1. The number of hydrogen-bond donors (Lipinski definition) is 2. The standard InChI is InChI=1S/C29H30N2O5S/c1-4-29(2,3)18-8-11-20-23(14-18)37-27-24(20)26(32)30-25(31-27)16-5-9-19(10-6-16)36-28(33)17-7-12-21-22(13-17)35-15-34-21/h5-7,9-10,12-13,18,25,31H,4,8,11,14-15H2,1-3H3,(H,30,32)/t18-,25-/m1/s1. The van der Waals surface area contributed by atoms with Crippen molar-refractivity contribution in [3.05, 3.63) is 69.6 Å². The van der Waals surface area contributed by atoms with E-state index in [9.17, 15) is 9.59 Å². The van der Waals surface area contributed by atoms with E-state index in [1.165, 1.54) is 10.4 Å². The Kier molecular flexibility index (Phi) is 5.87. The Morgan fingerprint density at radius 2 is 1.89 bits per heavy atom. The summed E-state index contributed by atoms with van der Waals surface area (Å²) >= 11 is 1.73. The van der Waals surface area contributed by atoms with Gasteiger partial charge < -0.3 is 24.8 Å². The highest BCUT2D eigenvalue weighted by atomic mass is 32.1. The van der Waals surface area contributed by atoms with Crippen LogP contribution < -0.4 is 24.8 Å². The molecule has 1 aliphatic carbocycles. The minimum atomic E-state index is -0.478. The van der Waals surface area contributed by atoms with E-state index in [4.69, 9.17) is 14.2 Å². The maximum Gasteiger partial charge on any atom is 0.343 e. The second-order valence-electron chi connectivity index (χ2n) is 10.6. The number of nitrogens with one attached hydrogen (secondary N) is 2. The van der Waals surface area contributed by atoms with Crippen LogP contribution in [0.1, 0.15) is 76.5 Å². The van der Waals surface area contributed by atoms with Crippen LogP contribution in [0.5, 0.6) is 17.2 Å². The summed E-state index contributed by atoms with van der Waals surface area (Å²) in [6, 6.07) is 12.2. The third-order valence-electron chi connectivity index (χ3n) is 8.09. The van der Waals surface area contributed by atoms with Crippen LogP contribution in [0.3, 0.4) is 0 Å². The van der Waals surface area contributed by atoms with Gasteiger partial charge in [0.2, 0.25) is 6.79 Å². The van der Waals surface area contributed by atoms with E-state index >= 15 is 0 Å². The number of carbonyl (C=O) groups is 2. The number of amides is 1. The Balaban J connectivity index is 1.15. The second-order valence-corrected chi connectivity index (χ2v) is 11.7. The minimum absolute atomic E-state index is 0.0252. The lowest BCUT2D eigenvalue weighted by Gasteiger charge is -2.36. The van der Waals surface area contributed by atoms with Crippen molar-refractivity contribution in [1.82, 2.24) is 5.32 Å². The number of carbonyl (C=O) groups excluding carboxylic acids is 2. The lowest BCUT2D eigenvalue weighted by atomic mass is 9.69. The summed E-state index contributed by atoms with van der Waals surface area (Å²) in [6.45, 7) is 7.12. The molecule has 8 heteroatoms. The van der Waals surface area contributed by atoms with Crippen molar-refractivity contribution in [3.63, 3.8) is 0 Å². The molecule has 0 spiro atoms. The number of thiophene rings is 1. The van der Waals surface area contributed by atoms with Crippen molar-refractivity contribution < 1.29 is 23.8 Å². The smallest absolute Gasteiger partial charge is 0.343 e. The molecule has 0 saturated carbocycles. The average molecular weight is 519 g/mol. The van der Waals surface area contributed by atoms with E-state index in [-0.39, 0.29) is 18.9 Å². The Morgan fingerprint density at radius 3 is 2.68 bits per heavy atom. The van der Waals surface area contributed by atoms with Crippen molar-refractivity contribution in [3.8, 4) is 17.2 Å². The van der Waals surface area contributed by atoms with Gasteiger partial charge in [0.15, 0.2) is 11.5 Å². The molecule has 0 radical (unpaired) electrons. The maximum atomic E-state index is 13.2. The summed E-state index contributed by atoms with van der Waals surface area (Å²) in [5, 5.41) is 7.59. The van der Waals surface area contributed by atoms with Gasteiger partial charge in [-0.05, 0) is 72.1 Å². The summed E-state index contributed by atoms with van der Waals surface area (Å²) in [5.74, 6) is 1.70. The second kappa shape index (κ2) is 9.10. The summed E-state index contributed by atoms with van der Waals surface area (Å²) in [6.07, 6.45) is 3.93. The molecule has 0 saturated heterocycles. The van der Waals surface area contributed by atoms with Gasteiger partial charge in [-0.15, -0.1) is 11.3 Å². The lowest BCUT2D eigenvalue weighted by Crippen LogP contribution is -2.38. The maximum absolute atomic E-state index is 13.2. The molecule has 1 aromatic heterocycles. The van der Waals surface area contributed by atoms with Crippen molar-refractivity contribution in [1.29, 1.82) is 0 Å².